The monoisotopic (exact) mass is 324 g/mol. The third kappa shape index (κ3) is 5.10. The van der Waals surface area contributed by atoms with Crippen molar-refractivity contribution < 1.29 is 13.2 Å². The Bertz CT molecular complexity index is 622. The van der Waals surface area contributed by atoms with Gasteiger partial charge in [0.05, 0.1) is 12.8 Å². The van der Waals surface area contributed by atoms with Crippen molar-refractivity contribution in [3.63, 3.8) is 0 Å². The Hall–Kier alpha value is -1.40. The standard InChI is InChI=1S/C16H24N2O3S/c1-13-6-5-7-14(10-13)11-18(22(2,20)21)12-16(19)17-15-8-3-4-9-15/h5-7,10,15H,3-4,8-9,11-12H2,1-2H3,(H,17,19). The predicted octanol–water partition coefficient (Wildman–Crippen LogP) is 1.82. The summed E-state index contributed by atoms with van der Waals surface area (Å²) in [5.41, 5.74) is 1.96. The number of hydrogen-bond donors (Lipinski definition) is 1. The van der Waals surface area contributed by atoms with Gasteiger partial charge in [-0.25, -0.2) is 8.42 Å². The molecule has 1 aromatic carbocycles. The highest BCUT2D eigenvalue weighted by Crippen LogP contribution is 2.17. The van der Waals surface area contributed by atoms with Crippen LogP contribution >= 0.6 is 0 Å². The van der Waals surface area contributed by atoms with E-state index in [9.17, 15) is 13.2 Å². The van der Waals surface area contributed by atoms with Gasteiger partial charge in [-0.15, -0.1) is 0 Å². The minimum atomic E-state index is -3.43. The number of rotatable bonds is 6. The maximum absolute atomic E-state index is 12.1. The summed E-state index contributed by atoms with van der Waals surface area (Å²) in [7, 11) is -3.43. The second kappa shape index (κ2) is 7.24. The SMILES string of the molecule is Cc1cccc(CN(CC(=O)NC2CCCC2)S(C)(=O)=O)c1. The van der Waals surface area contributed by atoms with Gasteiger partial charge in [-0.3, -0.25) is 4.79 Å². The first-order valence-corrected chi connectivity index (χ1v) is 9.49. The summed E-state index contributed by atoms with van der Waals surface area (Å²) in [6.07, 6.45) is 5.38. The van der Waals surface area contributed by atoms with Gasteiger partial charge < -0.3 is 5.32 Å². The molecule has 0 unspecified atom stereocenters. The van der Waals surface area contributed by atoms with Crippen molar-refractivity contribution in [1.82, 2.24) is 9.62 Å². The molecule has 1 N–H and O–H groups in total. The second-order valence-corrected chi connectivity index (χ2v) is 8.05. The van der Waals surface area contributed by atoms with Crippen molar-refractivity contribution in [3.8, 4) is 0 Å². The van der Waals surface area contributed by atoms with E-state index in [0.29, 0.717) is 0 Å². The van der Waals surface area contributed by atoms with Gasteiger partial charge in [-0.05, 0) is 25.3 Å². The Morgan fingerprint density at radius 3 is 2.59 bits per heavy atom. The highest BCUT2D eigenvalue weighted by atomic mass is 32.2. The molecular weight excluding hydrogens is 300 g/mol. The fraction of sp³-hybridized carbons (Fsp3) is 0.562. The summed E-state index contributed by atoms with van der Waals surface area (Å²) in [5, 5.41) is 2.93. The smallest absolute Gasteiger partial charge is 0.235 e. The van der Waals surface area contributed by atoms with Crippen LogP contribution in [0.3, 0.4) is 0 Å². The van der Waals surface area contributed by atoms with E-state index < -0.39 is 10.0 Å². The molecule has 6 heteroatoms. The molecule has 1 amide bonds. The molecule has 22 heavy (non-hydrogen) atoms. The fourth-order valence-corrected chi connectivity index (χ4v) is 3.54. The number of aryl methyl sites for hydroxylation is 1. The average Bonchev–Trinajstić information content (AvgIpc) is 2.89. The number of amides is 1. The van der Waals surface area contributed by atoms with Crippen LogP contribution in [0.25, 0.3) is 0 Å². The molecule has 1 aliphatic rings. The molecule has 0 aliphatic heterocycles. The molecule has 0 radical (unpaired) electrons. The van der Waals surface area contributed by atoms with E-state index in [1.54, 1.807) is 0 Å². The second-order valence-electron chi connectivity index (χ2n) is 6.07. The zero-order valence-corrected chi connectivity index (χ0v) is 14.0. The number of carbonyl (C=O) groups is 1. The number of nitrogens with zero attached hydrogens (tertiary/aromatic N) is 1. The van der Waals surface area contributed by atoms with Crippen LogP contribution in [0.4, 0.5) is 0 Å². The Balaban J connectivity index is 2.01. The van der Waals surface area contributed by atoms with E-state index in [1.807, 2.05) is 31.2 Å². The largest absolute Gasteiger partial charge is 0.352 e. The van der Waals surface area contributed by atoms with Gasteiger partial charge >= 0.3 is 0 Å². The molecule has 0 spiro atoms. The quantitative estimate of drug-likeness (QED) is 0.868. The van der Waals surface area contributed by atoms with Crippen LogP contribution in [-0.4, -0.2) is 37.5 Å². The average molecular weight is 324 g/mol. The summed E-state index contributed by atoms with van der Waals surface area (Å²) in [4.78, 5) is 12.1. The van der Waals surface area contributed by atoms with E-state index in [0.717, 1.165) is 43.1 Å². The van der Waals surface area contributed by atoms with Gasteiger partial charge in [-0.1, -0.05) is 42.7 Å². The fourth-order valence-electron chi connectivity index (χ4n) is 2.81. The molecular formula is C16H24N2O3S. The lowest BCUT2D eigenvalue weighted by atomic mass is 10.1. The molecule has 1 saturated carbocycles. The Labute approximate surface area is 132 Å². The van der Waals surface area contributed by atoms with Gasteiger partial charge in [0.15, 0.2) is 0 Å². The molecule has 2 rings (SSSR count). The van der Waals surface area contributed by atoms with E-state index in [2.05, 4.69) is 5.32 Å². The first-order valence-electron chi connectivity index (χ1n) is 7.64. The molecule has 0 heterocycles. The van der Waals surface area contributed by atoms with Crippen LogP contribution in [-0.2, 0) is 21.4 Å². The maximum atomic E-state index is 12.1. The molecule has 1 fully saturated rings. The molecule has 0 aromatic heterocycles. The molecule has 0 bridgehead atoms. The number of benzene rings is 1. The normalized spacial score (nSPS) is 16.1. The van der Waals surface area contributed by atoms with Crippen molar-refractivity contribution in [3.05, 3.63) is 35.4 Å². The number of hydrogen-bond acceptors (Lipinski definition) is 3. The lowest BCUT2D eigenvalue weighted by Crippen LogP contribution is -2.42. The van der Waals surface area contributed by atoms with Gasteiger partial charge in [-0.2, -0.15) is 4.31 Å². The Kier molecular flexibility index (Phi) is 5.58. The summed E-state index contributed by atoms with van der Waals surface area (Å²) in [6.45, 7) is 2.06. The number of sulfonamides is 1. The van der Waals surface area contributed by atoms with E-state index in [-0.39, 0.29) is 25.0 Å². The first-order chi connectivity index (χ1) is 10.3. The van der Waals surface area contributed by atoms with Gasteiger partial charge in [0.25, 0.3) is 0 Å². The zero-order valence-electron chi connectivity index (χ0n) is 13.2. The van der Waals surface area contributed by atoms with Gasteiger partial charge in [0, 0.05) is 12.6 Å². The van der Waals surface area contributed by atoms with Crippen LogP contribution in [0, 0.1) is 6.92 Å². The van der Waals surface area contributed by atoms with Crippen molar-refractivity contribution >= 4 is 15.9 Å². The zero-order chi connectivity index (χ0) is 16.2. The Morgan fingerprint density at radius 1 is 1.32 bits per heavy atom. The van der Waals surface area contributed by atoms with Crippen LogP contribution in [0.5, 0.6) is 0 Å². The lowest BCUT2D eigenvalue weighted by molar-refractivity contribution is -0.122. The molecule has 0 atom stereocenters. The van der Waals surface area contributed by atoms with Crippen LogP contribution in [0.2, 0.25) is 0 Å². The molecule has 0 saturated heterocycles. The summed E-state index contributed by atoms with van der Waals surface area (Å²) < 4.78 is 25.1. The molecule has 1 aromatic rings. The predicted molar refractivity (Wildman–Crippen MR) is 86.8 cm³/mol. The summed E-state index contributed by atoms with van der Waals surface area (Å²) in [6, 6.07) is 7.87. The minimum absolute atomic E-state index is 0.122. The first kappa shape index (κ1) is 17.0. The number of carbonyl (C=O) groups excluding carboxylic acids is 1. The van der Waals surface area contributed by atoms with Gasteiger partial charge in [0.2, 0.25) is 15.9 Å². The van der Waals surface area contributed by atoms with Crippen LogP contribution in [0.1, 0.15) is 36.8 Å². The van der Waals surface area contributed by atoms with E-state index in [4.69, 9.17) is 0 Å². The third-order valence-corrected chi connectivity index (χ3v) is 5.15. The van der Waals surface area contributed by atoms with Crippen molar-refractivity contribution in [2.24, 2.45) is 0 Å². The van der Waals surface area contributed by atoms with Crippen molar-refractivity contribution in [1.29, 1.82) is 0 Å². The van der Waals surface area contributed by atoms with E-state index in [1.165, 1.54) is 4.31 Å². The Morgan fingerprint density at radius 2 is 2.00 bits per heavy atom. The summed E-state index contributed by atoms with van der Waals surface area (Å²) in [5.74, 6) is -0.218. The third-order valence-electron chi connectivity index (χ3n) is 3.95. The molecule has 122 valence electrons. The van der Waals surface area contributed by atoms with Crippen molar-refractivity contribution in [2.45, 2.75) is 45.2 Å². The summed E-state index contributed by atoms with van der Waals surface area (Å²) >= 11 is 0. The molecule has 5 nitrogen and oxygen atoms in total. The highest BCUT2D eigenvalue weighted by Gasteiger charge is 2.23. The van der Waals surface area contributed by atoms with Crippen molar-refractivity contribution in [2.75, 3.05) is 12.8 Å². The van der Waals surface area contributed by atoms with Crippen LogP contribution < -0.4 is 5.32 Å². The maximum Gasteiger partial charge on any atom is 0.235 e. The minimum Gasteiger partial charge on any atom is -0.352 e. The van der Waals surface area contributed by atoms with Crippen LogP contribution in [0.15, 0.2) is 24.3 Å². The highest BCUT2D eigenvalue weighted by molar-refractivity contribution is 7.88. The van der Waals surface area contributed by atoms with Gasteiger partial charge in [0.1, 0.15) is 0 Å². The number of nitrogens with one attached hydrogen (secondary N) is 1. The van der Waals surface area contributed by atoms with E-state index >= 15 is 0 Å². The topological polar surface area (TPSA) is 66.5 Å². The molecule has 1 aliphatic carbocycles. The lowest BCUT2D eigenvalue weighted by Gasteiger charge is -2.21.